The van der Waals surface area contributed by atoms with Crippen molar-refractivity contribution in [3.05, 3.63) is 40.3 Å². The Morgan fingerprint density at radius 1 is 1.44 bits per heavy atom. The number of sulfonamides is 1. The lowest BCUT2D eigenvalue weighted by Crippen LogP contribution is -2.12. The van der Waals surface area contributed by atoms with Crippen LogP contribution in [0.15, 0.2) is 34.5 Å². The van der Waals surface area contributed by atoms with Crippen LogP contribution >= 0.6 is 11.3 Å². The Morgan fingerprint density at radius 3 is 2.83 bits per heavy atom. The van der Waals surface area contributed by atoms with E-state index in [1.54, 1.807) is 23.5 Å². The van der Waals surface area contributed by atoms with Crippen LogP contribution in [0.3, 0.4) is 0 Å². The van der Waals surface area contributed by atoms with Crippen molar-refractivity contribution < 1.29 is 8.42 Å². The molecule has 0 fully saturated rings. The first-order valence-electron chi connectivity index (χ1n) is 5.23. The van der Waals surface area contributed by atoms with Gasteiger partial charge in [-0.3, -0.25) is 0 Å². The highest BCUT2D eigenvalue weighted by atomic mass is 32.2. The molecule has 0 spiro atoms. The molecule has 2 rings (SSSR count). The highest BCUT2D eigenvalue weighted by Gasteiger charge is 2.07. The fourth-order valence-corrected chi connectivity index (χ4v) is 2.64. The van der Waals surface area contributed by atoms with E-state index < -0.39 is 10.0 Å². The van der Waals surface area contributed by atoms with E-state index in [0.717, 1.165) is 10.7 Å². The Kier molecular flexibility index (Phi) is 3.65. The van der Waals surface area contributed by atoms with Gasteiger partial charge in [-0.2, -0.15) is 0 Å². The van der Waals surface area contributed by atoms with E-state index in [9.17, 15) is 8.42 Å². The summed E-state index contributed by atoms with van der Waals surface area (Å²) >= 11 is 1.58. The van der Waals surface area contributed by atoms with Gasteiger partial charge in [-0.15, -0.1) is 11.3 Å². The lowest BCUT2D eigenvalue weighted by molar-refractivity contribution is 0.598. The molecule has 0 amide bonds. The molecule has 0 radical (unpaired) electrons. The van der Waals surface area contributed by atoms with Gasteiger partial charge in [-0.1, -0.05) is 6.07 Å². The minimum atomic E-state index is -3.66. The van der Waals surface area contributed by atoms with E-state index in [1.165, 1.54) is 12.1 Å². The molecule has 2 aromatic rings. The predicted molar refractivity (Wildman–Crippen MR) is 72.0 cm³/mol. The Bertz CT molecular complexity index is 650. The number of aryl methyl sites for hydroxylation is 1. The molecule has 0 aliphatic rings. The average molecular weight is 283 g/mol. The number of hydrogen-bond donors (Lipinski definition) is 2. The third-order valence-electron chi connectivity index (χ3n) is 2.30. The molecule has 3 N–H and O–H groups in total. The minimum Gasteiger partial charge on any atom is -0.379 e. The van der Waals surface area contributed by atoms with Gasteiger partial charge in [0, 0.05) is 11.1 Å². The van der Waals surface area contributed by atoms with Crippen molar-refractivity contribution in [3.8, 4) is 0 Å². The third kappa shape index (κ3) is 3.28. The van der Waals surface area contributed by atoms with Gasteiger partial charge in [-0.05, 0) is 25.1 Å². The van der Waals surface area contributed by atoms with Crippen molar-refractivity contribution in [3.63, 3.8) is 0 Å². The summed E-state index contributed by atoms with van der Waals surface area (Å²) < 4.78 is 22.4. The van der Waals surface area contributed by atoms with Gasteiger partial charge in [0.2, 0.25) is 10.0 Å². The summed E-state index contributed by atoms with van der Waals surface area (Å²) in [7, 11) is -3.66. The Morgan fingerprint density at radius 2 is 2.22 bits per heavy atom. The van der Waals surface area contributed by atoms with Crippen molar-refractivity contribution in [2.75, 3.05) is 5.32 Å². The number of nitrogens with two attached hydrogens (primary N) is 1. The van der Waals surface area contributed by atoms with Gasteiger partial charge in [0.05, 0.1) is 22.1 Å². The SMILES string of the molecule is Cc1nc(CNc2cccc(S(N)(=O)=O)c2)cs1. The van der Waals surface area contributed by atoms with Crippen LogP contribution in [-0.4, -0.2) is 13.4 Å². The van der Waals surface area contributed by atoms with E-state index in [2.05, 4.69) is 10.3 Å². The molecule has 0 saturated carbocycles. The zero-order chi connectivity index (χ0) is 13.2. The summed E-state index contributed by atoms with van der Waals surface area (Å²) in [4.78, 5) is 4.41. The van der Waals surface area contributed by atoms with Crippen LogP contribution in [0, 0.1) is 6.92 Å². The second kappa shape index (κ2) is 5.05. The summed E-state index contributed by atoms with van der Waals surface area (Å²) in [5.74, 6) is 0. The summed E-state index contributed by atoms with van der Waals surface area (Å²) in [6, 6.07) is 6.41. The van der Waals surface area contributed by atoms with Crippen molar-refractivity contribution in [1.82, 2.24) is 4.98 Å². The van der Waals surface area contributed by atoms with Gasteiger partial charge in [0.1, 0.15) is 0 Å². The number of primary sulfonamides is 1. The maximum absolute atomic E-state index is 11.2. The van der Waals surface area contributed by atoms with E-state index in [4.69, 9.17) is 5.14 Å². The smallest absolute Gasteiger partial charge is 0.238 e. The van der Waals surface area contributed by atoms with E-state index in [-0.39, 0.29) is 4.90 Å². The number of aromatic nitrogens is 1. The predicted octanol–water partition coefficient (Wildman–Crippen LogP) is 1.71. The zero-order valence-electron chi connectivity index (χ0n) is 9.75. The molecule has 96 valence electrons. The molecule has 0 unspecified atom stereocenters. The van der Waals surface area contributed by atoms with Crippen LogP contribution in [0.25, 0.3) is 0 Å². The fraction of sp³-hybridized carbons (Fsp3) is 0.182. The van der Waals surface area contributed by atoms with Crippen molar-refractivity contribution >= 4 is 27.0 Å². The minimum absolute atomic E-state index is 0.0990. The number of nitrogens with one attached hydrogen (secondary N) is 1. The Hall–Kier alpha value is -1.44. The van der Waals surface area contributed by atoms with Gasteiger partial charge < -0.3 is 5.32 Å². The molecule has 1 aromatic carbocycles. The fourth-order valence-electron chi connectivity index (χ4n) is 1.47. The van der Waals surface area contributed by atoms with Crippen molar-refractivity contribution in [2.24, 2.45) is 5.14 Å². The lowest BCUT2D eigenvalue weighted by atomic mass is 10.3. The molecule has 5 nitrogen and oxygen atoms in total. The van der Waals surface area contributed by atoms with Gasteiger partial charge in [0.15, 0.2) is 0 Å². The Balaban J connectivity index is 2.11. The molecule has 0 atom stereocenters. The summed E-state index contributed by atoms with van der Waals surface area (Å²) in [6.45, 7) is 2.49. The second-order valence-electron chi connectivity index (χ2n) is 3.78. The van der Waals surface area contributed by atoms with E-state index in [0.29, 0.717) is 12.2 Å². The molecule has 7 heteroatoms. The van der Waals surface area contributed by atoms with E-state index in [1.807, 2.05) is 12.3 Å². The van der Waals surface area contributed by atoms with Crippen molar-refractivity contribution in [1.29, 1.82) is 0 Å². The lowest BCUT2D eigenvalue weighted by Gasteiger charge is -2.06. The summed E-state index contributed by atoms with van der Waals surface area (Å²) in [6.07, 6.45) is 0. The number of rotatable bonds is 4. The monoisotopic (exact) mass is 283 g/mol. The average Bonchev–Trinajstić information content (AvgIpc) is 2.72. The third-order valence-corrected chi connectivity index (χ3v) is 4.04. The quantitative estimate of drug-likeness (QED) is 0.894. The molecule has 0 saturated heterocycles. The first-order valence-corrected chi connectivity index (χ1v) is 7.65. The maximum Gasteiger partial charge on any atom is 0.238 e. The normalized spacial score (nSPS) is 11.4. The first-order chi connectivity index (χ1) is 8.45. The molecule has 1 aromatic heterocycles. The van der Waals surface area contributed by atoms with Crippen LogP contribution in [0.4, 0.5) is 5.69 Å². The second-order valence-corrected chi connectivity index (χ2v) is 6.41. The van der Waals surface area contributed by atoms with Crippen LogP contribution in [0.2, 0.25) is 0 Å². The van der Waals surface area contributed by atoms with Crippen LogP contribution in [0.5, 0.6) is 0 Å². The molecule has 0 bridgehead atoms. The molecule has 0 aliphatic heterocycles. The summed E-state index contributed by atoms with van der Waals surface area (Å²) in [5, 5.41) is 11.1. The van der Waals surface area contributed by atoms with Crippen LogP contribution in [-0.2, 0) is 16.6 Å². The zero-order valence-corrected chi connectivity index (χ0v) is 11.4. The summed E-state index contributed by atoms with van der Waals surface area (Å²) in [5.41, 5.74) is 1.63. The van der Waals surface area contributed by atoms with Crippen molar-refractivity contribution in [2.45, 2.75) is 18.4 Å². The van der Waals surface area contributed by atoms with Gasteiger partial charge >= 0.3 is 0 Å². The number of nitrogens with zero attached hydrogens (tertiary/aromatic N) is 1. The topological polar surface area (TPSA) is 85.1 Å². The van der Waals surface area contributed by atoms with Gasteiger partial charge in [-0.25, -0.2) is 18.5 Å². The Labute approximate surface area is 110 Å². The molecule has 0 aliphatic carbocycles. The van der Waals surface area contributed by atoms with Crippen LogP contribution in [0.1, 0.15) is 10.7 Å². The molecular formula is C11H13N3O2S2. The first kappa shape index (κ1) is 13.0. The van der Waals surface area contributed by atoms with E-state index >= 15 is 0 Å². The molecule has 1 heterocycles. The largest absolute Gasteiger partial charge is 0.379 e. The number of thiazole rings is 1. The van der Waals surface area contributed by atoms with Crippen LogP contribution < -0.4 is 10.5 Å². The highest BCUT2D eigenvalue weighted by Crippen LogP contribution is 2.15. The molecular weight excluding hydrogens is 270 g/mol. The standard InChI is InChI=1S/C11H13N3O2S2/c1-8-14-10(7-17-8)6-13-9-3-2-4-11(5-9)18(12,15)16/h2-5,7,13H,6H2,1H3,(H2,12,15,16). The number of hydrogen-bond acceptors (Lipinski definition) is 5. The number of benzene rings is 1. The highest BCUT2D eigenvalue weighted by molar-refractivity contribution is 7.89. The maximum atomic E-state index is 11.2. The van der Waals surface area contributed by atoms with Gasteiger partial charge in [0.25, 0.3) is 0 Å². The molecule has 18 heavy (non-hydrogen) atoms. The number of anilines is 1.